The number of phenols is 1. The zero-order chi connectivity index (χ0) is 21.4. The van der Waals surface area contributed by atoms with E-state index in [1.54, 1.807) is 0 Å². The Labute approximate surface area is 180 Å². The van der Waals surface area contributed by atoms with E-state index in [-0.39, 0.29) is 22.4 Å². The number of thioether (sulfide) groups is 1. The maximum absolute atomic E-state index is 11.8. The van der Waals surface area contributed by atoms with Gasteiger partial charge in [-0.25, -0.2) is 0 Å². The maximum atomic E-state index is 11.8. The first-order chi connectivity index (χ1) is 14.3. The van der Waals surface area contributed by atoms with Gasteiger partial charge in [-0.2, -0.15) is 0 Å². The van der Waals surface area contributed by atoms with Crippen LogP contribution in [0.3, 0.4) is 0 Å². The van der Waals surface area contributed by atoms with Crippen molar-refractivity contribution in [1.82, 2.24) is 5.32 Å². The number of carbonyl (C=O) groups excluding carboxylic acids is 1. The van der Waals surface area contributed by atoms with Crippen molar-refractivity contribution in [3.05, 3.63) is 52.1 Å². The Bertz CT molecular complexity index is 1000. The van der Waals surface area contributed by atoms with E-state index >= 15 is 0 Å². The van der Waals surface area contributed by atoms with Crippen LogP contribution in [0.15, 0.2) is 24.3 Å². The Morgan fingerprint density at radius 2 is 1.93 bits per heavy atom. The predicted molar refractivity (Wildman–Crippen MR) is 118 cm³/mol. The van der Waals surface area contributed by atoms with Gasteiger partial charge in [0.15, 0.2) is 5.17 Å². The Kier molecular flexibility index (Phi) is 5.64. The second-order valence-corrected chi connectivity index (χ2v) is 9.11. The lowest BCUT2D eigenvalue weighted by Crippen LogP contribution is -2.30. The minimum Gasteiger partial charge on any atom is -0.507 e. The summed E-state index contributed by atoms with van der Waals surface area (Å²) in [5, 5.41) is 20.3. The lowest BCUT2D eigenvalue weighted by atomic mass is 9.92. The molecule has 2 aromatic rings. The van der Waals surface area contributed by atoms with Crippen LogP contribution in [0.4, 0.5) is 0 Å². The zero-order valence-corrected chi connectivity index (χ0v) is 18.2. The molecule has 0 aromatic heterocycles. The fourth-order valence-corrected chi connectivity index (χ4v) is 4.84. The van der Waals surface area contributed by atoms with Crippen LogP contribution in [0.25, 0.3) is 0 Å². The zero-order valence-electron chi connectivity index (χ0n) is 17.4. The van der Waals surface area contributed by atoms with Gasteiger partial charge < -0.3 is 19.9 Å². The van der Waals surface area contributed by atoms with Gasteiger partial charge in [0.1, 0.15) is 30.0 Å². The van der Waals surface area contributed by atoms with Gasteiger partial charge in [-0.1, -0.05) is 23.9 Å². The molecule has 4 rings (SSSR count). The molecule has 1 amide bonds. The molecule has 0 radical (unpaired) electrons. The third kappa shape index (κ3) is 3.99. The number of carbonyl (C=O) groups is 1. The second kappa shape index (κ2) is 8.22. The SMILES string of the molecule is Cc1c(C)c2c(c(C)c1O)CCC(COc1ccc(CC3SC(=N)NC3=O)cc1)O2. The molecule has 158 valence electrons. The van der Waals surface area contributed by atoms with Gasteiger partial charge in [0.2, 0.25) is 5.91 Å². The van der Waals surface area contributed by atoms with Crippen molar-refractivity contribution in [3.63, 3.8) is 0 Å². The number of amidine groups is 1. The molecule has 2 aliphatic rings. The maximum Gasteiger partial charge on any atom is 0.239 e. The summed E-state index contributed by atoms with van der Waals surface area (Å²) in [7, 11) is 0. The number of ether oxygens (including phenoxy) is 2. The number of hydrogen-bond acceptors (Lipinski definition) is 6. The summed E-state index contributed by atoms with van der Waals surface area (Å²) in [6.45, 7) is 6.30. The number of hydrogen-bond donors (Lipinski definition) is 3. The van der Waals surface area contributed by atoms with E-state index in [0.29, 0.717) is 18.8 Å². The molecule has 2 unspecified atom stereocenters. The van der Waals surface area contributed by atoms with Crippen molar-refractivity contribution < 1.29 is 19.4 Å². The average Bonchev–Trinajstić information content (AvgIpc) is 3.06. The Morgan fingerprint density at radius 1 is 1.20 bits per heavy atom. The molecule has 2 aliphatic heterocycles. The van der Waals surface area contributed by atoms with Crippen LogP contribution in [-0.4, -0.2) is 34.1 Å². The first kappa shape index (κ1) is 20.6. The van der Waals surface area contributed by atoms with Crippen LogP contribution in [0.1, 0.15) is 34.2 Å². The molecule has 7 heteroatoms. The van der Waals surface area contributed by atoms with Gasteiger partial charge in [-0.3, -0.25) is 10.2 Å². The van der Waals surface area contributed by atoms with Crippen LogP contribution in [-0.2, 0) is 17.6 Å². The minimum atomic E-state index is -0.241. The number of amides is 1. The van der Waals surface area contributed by atoms with Crippen LogP contribution >= 0.6 is 11.8 Å². The summed E-state index contributed by atoms with van der Waals surface area (Å²) < 4.78 is 12.2. The normalized spacial score (nSPS) is 20.5. The van der Waals surface area contributed by atoms with E-state index in [2.05, 4.69) is 5.32 Å². The van der Waals surface area contributed by atoms with Crippen molar-refractivity contribution in [1.29, 1.82) is 5.41 Å². The Morgan fingerprint density at radius 3 is 2.60 bits per heavy atom. The molecule has 0 saturated carbocycles. The highest BCUT2D eigenvalue weighted by molar-refractivity contribution is 8.15. The van der Waals surface area contributed by atoms with E-state index in [9.17, 15) is 9.90 Å². The molecule has 30 heavy (non-hydrogen) atoms. The fraction of sp³-hybridized carbons (Fsp3) is 0.391. The molecule has 0 bridgehead atoms. The van der Waals surface area contributed by atoms with E-state index < -0.39 is 0 Å². The third-order valence-corrected chi connectivity index (χ3v) is 6.91. The van der Waals surface area contributed by atoms with Gasteiger partial charge in [0, 0.05) is 5.56 Å². The van der Waals surface area contributed by atoms with E-state index in [1.807, 2.05) is 45.0 Å². The molecule has 3 N–H and O–H groups in total. The van der Waals surface area contributed by atoms with Crippen molar-refractivity contribution in [2.24, 2.45) is 0 Å². The molecule has 0 aliphatic carbocycles. The van der Waals surface area contributed by atoms with Gasteiger partial charge >= 0.3 is 0 Å². The number of nitrogens with one attached hydrogen (secondary N) is 2. The van der Waals surface area contributed by atoms with Crippen LogP contribution < -0.4 is 14.8 Å². The molecular weight excluding hydrogens is 400 g/mol. The van der Waals surface area contributed by atoms with Gasteiger partial charge in [-0.05, 0) is 74.4 Å². The Hall–Kier alpha value is -2.67. The molecular formula is C23H26N2O4S. The second-order valence-electron chi connectivity index (χ2n) is 7.89. The molecule has 2 atom stereocenters. The summed E-state index contributed by atoms with van der Waals surface area (Å²) in [5.41, 5.74) is 4.90. The average molecular weight is 427 g/mol. The molecule has 1 fully saturated rings. The number of phenolic OH excluding ortho intramolecular Hbond substituents is 1. The first-order valence-electron chi connectivity index (χ1n) is 10.1. The van der Waals surface area contributed by atoms with Gasteiger partial charge in [0.25, 0.3) is 0 Å². The standard InChI is InChI=1S/C23H26N2O4S/c1-12-13(2)21-18(14(3)20(12)26)9-8-17(29-21)11-28-16-6-4-15(5-7-16)10-19-22(27)25-23(24)30-19/h4-7,17,19,26H,8-11H2,1-3H3,(H2,24,25,27). The summed E-state index contributed by atoms with van der Waals surface area (Å²) in [6, 6.07) is 7.74. The summed E-state index contributed by atoms with van der Waals surface area (Å²) in [5.74, 6) is 1.92. The quantitative estimate of drug-likeness (QED) is 0.676. The number of benzene rings is 2. The smallest absolute Gasteiger partial charge is 0.239 e. The summed E-state index contributed by atoms with van der Waals surface area (Å²) in [4.78, 5) is 11.8. The van der Waals surface area contributed by atoms with Crippen molar-refractivity contribution >= 4 is 22.8 Å². The van der Waals surface area contributed by atoms with E-state index in [4.69, 9.17) is 14.9 Å². The largest absolute Gasteiger partial charge is 0.507 e. The number of fused-ring (bicyclic) bond motifs is 1. The number of rotatable bonds is 5. The molecule has 6 nitrogen and oxygen atoms in total. The minimum absolute atomic E-state index is 0.0381. The van der Waals surface area contributed by atoms with E-state index in [1.165, 1.54) is 11.8 Å². The van der Waals surface area contributed by atoms with Gasteiger partial charge in [-0.15, -0.1) is 0 Å². The molecule has 2 heterocycles. The van der Waals surface area contributed by atoms with Crippen molar-refractivity contribution in [2.75, 3.05) is 6.61 Å². The van der Waals surface area contributed by atoms with Gasteiger partial charge in [0.05, 0.1) is 5.25 Å². The first-order valence-corrected chi connectivity index (χ1v) is 11.0. The summed E-state index contributed by atoms with van der Waals surface area (Å²) in [6.07, 6.45) is 2.25. The predicted octanol–water partition coefficient (Wildman–Crippen LogP) is 3.80. The Balaban J connectivity index is 1.36. The molecule has 0 spiro atoms. The van der Waals surface area contributed by atoms with Crippen LogP contribution in [0, 0.1) is 26.2 Å². The lowest BCUT2D eigenvalue weighted by Gasteiger charge is -2.30. The lowest BCUT2D eigenvalue weighted by molar-refractivity contribution is -0.118. The fourth-order valence-electron chi connectivity index (χ4n) is 3.95. The number of aromatic hydroxyl groups is 1. The van der Waals surface area contributed by atoms with Crippen molar-refractivity contribution in [2.45, 2.75) is 51.4 Å². The highest BCUT2D eigenvalue weighted by Gasteiger charge is 2.29. The molecule has 2 aromatic carbocycles. The van der Waals surface area contributed by atoms with Crippen LogP contribution in [0.5, 0.6) is 17.2 Å². The molecule has 1 saturated heterocycles. The topological polar surface area (TPSA) is 91.6 Å². The summed E-state index contributed by atoms with van der Waals surface area (Å²) >= 11 is 1.26. The van der Waals surface area contributed by atoms with Crippen LogP contribution in [0.2, 0.25) is 0 Å². The monoisotopic (exact) mass is 426 g/mol. The van der Waals surface area contributed by atoms with E-state index in [0.717, 1.165) is 52.2 Å². The van der Waals surface area contributed by atoms with Crippen molar-refractivity contribution in [3.8, 4) is 17.2 Å². The highest BCUT2D eigenvalue weighted by atomic mass is 32.2. The highest BCUT2D eigenvalue weighted by Crippen LogP contribution is 2.40. The third-order valence-electron chi connectivity index (χ3n) is 5.91.